The zero-order valence-corrected chi connectivity index (χ0v) is 65.4. The predicted octanol–water partition coefficient (Wildman–Crippen LogP) is -4.79. The van der Waals surface area contributed by atoms with Gasteiger partial charge in [0.05, 0.1) is 120 Å². The van der Waals surface area contributed by atoms with Crippen molar-refractivity contribution >= 4 is 106 Å². The van der Waals surface area contributed by atoms with Crippen LogP contribution in [0.25, 0.3) is 0 Å². The fraction of sp³-hybridized carbons (Fsp3) is 0.848. The normalized spacial score (nSPS) is 30.5. The number of aliphatic hydroxyl groups excluding tert-OH is 10. The fourth-order valence-corrected chi connectivity index (χ4v) is 14.5. The number of hydrogen-bond donors (Lipinski definition) is 20. The summed E-state index contributed by atoms with van der Waals surface area (Å²) in [6, 6.07) is -1.97. The summed E-state index contributed by atoms with van der Waals surface area (Å²) in [6.07, 6.45) is -16.0. The van der Waals surface area contributed by atoms with E-state index in [0.29, 0.717) is 75.0 Å². The van der Waals surface area contributed by atoms with Crippen molar-refractivity contribution in [3.05, 3.63) is 0 Å². The quantitative estimate of drug-likeness (QED) is 0.0255. The number of Topliss-reactive ketones (excluding diaryl/α,β-unsaturated/α-hetero) is 4. The number of carboxylic acids is 4. The molecule has 0 spiro atoms. The molecule has 4 fully saturated rings. The average Bonchev–Trinajstić information content (AvgIpc) is 0.799. The van der Waals surface area contributed by atoms with Gasteiger partial charge in [0.15, 0.2) is 0 Å². The zero-order chi connectivity index (χ0) is 82.8. The molecule has 38 nitrogen and oxygen atoms in total. The molecule has 0 aliphatic carbocycles. The number of methoxy groups -OCH3 is 1. The van der Waals surface area contributed by atoms with Crippen molar-refractivity contribution < 1.29 is 178 Å². The maximum atomic E-state index is 12.7. The third-order valence-corrected chi connectivity index (χ3v) is 21.4. The number of nitrogens with one attached hydrogen (secondary N) is 2. The van der Waals surface area contributed by atoms with Gasteiger partial charge in [0, 0.05) is 137 Å². The minimum atomic E-state index is -2.76. The number of carboxylic acid groups (broad SMARTS) is 4. The van der Waals surface area contributed by atoms with Gasteiger partial charge in [0.1, 0.15) is 47.5 Å². The lowest BCUT2D eigenvalue weighted by molar-refractivity contribution is -0.304. The maximum absolute atomic E-state index is 12.7. The number of ketones is 4. The molecule has 4 aliphatic heterocycles. The Bertz CT molecular complexity index is 2710. The van der Waals surface area contributed by atoms with Crippen molar-refractivity contribution in [2.45, 2.75) is 201 Å². The lowest BCUT2D eigenvalue weighted by Crippen LogP contribution is -2.63. The van der Waals surface area contributed by atoms with E-state index >= 15 is 0 Å². The summed E-state index contributed by atoms with van der Waals surface area (Å²) in [5, 5.41) is 180. The van der Waals surface area contributed by atoms with E-state index in [2.05, 4.69) is 10.6 Å². The number of ether oxygens (including phenoxy) is 8. The summed E-state index contributed by atoms with van der Waals surface area (Å²) in [5.41, 5.74) is 0. The van der Waals surface area contributed by atoms with Crippen molar-refractivity contribution in [3.8, 4) is 0 Å². The highest BCUT2D eigenvalue weighted by Crippen LogP contribution is 2.39. The molecule has 628 valence electrons. The summed E-state index contributed by atoms with van der Waals surface area (Å²) in [4.78, 5) is 117. The Morgan fingerprint density at radius 2 is 0.713 bits per heavy atom. The predicted molar refractivity (Wildman–Crippen MR) is 385 cm³/mol. The molecule has 4 rings (SSSR count). The molecule has 4 heterocycles. The Balaban J connectivity index is 0.000000730. The number of carbonyl (C=O) groups is 10. The van der Waals surface area contributed by atoms with Crippen LogP contribution < -0.4 is 10.6 Å². The van der Waals surface area contributed by atoms with Gasteiger partial charge in [0.2, 0.25) is 11.8 Å². The molecule has 108 heavy (non-hydrogen) atoms. The first kappa shape index (κ1) is 102. The molecule has 2 amide bonds. The van der Waals surface area contributed by atoms with Gasteiger partial charge in [-0.15, -0.1) is 0 Å². The second-order valence-electron chi connectivity index (χ2n) is 26.7. The minimum absolute atomic E-state index is 0.193. The largest absolute Gasteiger partial charge is 0.477 e. The average molecular weight is 1640 g/mol. The van der Waals surface area contributed by atoms with Crippen LogP contribution in [0.4, 0.5) is 0 Å². The molecule has 4 saturated heterocycles. The van der Waals surface area contributed by atoms with Crippen LogP contribution in [0, 0.1) is 35.5 Å². The van der Waals surface area contributed by atoms with Crippen LogP contribution in [0.15, 0.2) is 0 Å². The Morgan fingerprint density at radius 3 is 1.00 bits per heavy atom. The highest BCUT2D eigenvalue weighted by Gasteiger charge is 2.57. The number of hydrogen-bond acceptors (Lipinski definition) is 36. The third kappa shape index (κ3) is 33.6. The Kier molecular flexibility index (Phi) is 47.5. The first-order valence-electron chi connectivity index (χ1n) is 34.5. The topological polar surface area (TPSA) is 633 Å². The molecule has 0 aromatic carbocycles. The monoisotopic (exact) mass is 1640 g/mol. The van der Waals surface area contributed by atoms with Gasteiger partial charge in [-0.25, -0.2) is 19.2 Å². The first-order valence-corrected chi connectivity index (χ1v) is 39.8. The van der Waals surface area contributed by atoms with Gasteiger partial charge in [-0.05, 0) is 18.8 Å². The third-order valence-electron chi connectivity index (χ3n) is 17.7. The van der Waals surface area contributed by atoms with Gasteiger partial charge in [-0.3, -0.25) is 28.8 Å². The van der Waals surface area contributed by atoms with E-state index in [1.807, 2.05) is 18.8 Å². The van der Waals surface area contributed by atoms with Gasteiger partial charge in [0.25, 0.3) is 23.1 Å². The summed E-state index contributed by atoms with van der Waals surface area (Å²) >= 11 is 5.95. The number of rotatable bonds is 44. The molecule has 0 bridgehead atoms. The minimum Gasteiger partial charge on any atom is -0.477 e. The number of thioether (sulfide) groups is 4. The molecule has 24 unspecified atom stereocenters. The zero-order valence-electron chi connectivity index (χ0n) is 62.1. The molecule has 24 atom stereocenters. The van der Waals surface area contributed by atoms with Crippen LogP contribution in [0.1, 0.15) is 92.9 Å². The SMILES string of the molecule is COCCOCCOCCOCCSCC(C)C(=O)CC1OC(O)(C(=O)O)CC(O)C1NC(C)=O.CSCC(C)C(=O)CC1C(O)CC(O)(C(=O)O)OC1C(O)C(O)CO.CSCC(C)C(=O)CC1C(O)CC(O)(C(=O)O)OC1C(O)C(O)CO.CSCC(C)C(=O)CC1OC(O)(C(=O)O)CC(O)C1NC(C)=O. The van der Waals surface area contributed by atoms with Gasteiger partial charge >= 0.3 is 23.9 Å². The van der Waals surface area contributed by atoms with Crippen molar-refractivity contribution in [1.82, 2.24) is 10.6 Å². The van der Waals surface area contributed by atoms with E-state index in [4.69, 9.17) is 63.4 Å². The van der Waals surface area contributed by atoms with Crippen LogP contribution in [0.3, 0.4) is 0 Å². The molecule has 0 radical (unpaired) electrons. The molecule has 0 aromatic rings. The highest BCUT2D eigenvalue weighted by molar-refractivity contribution is 7.99. The highest BCUT2D eigenvalue weighted by atomic mass is 32.2. The molecule has 0 aromatic heterocycles. The molecular weight excluding hydrogens is 1520 g/mol. The van der Waals surface area contributed by atoms with Crippen molar-refractivity contribution in [2.75, 3.05) is 114 Å². The molecule has 42 heteroatoms. The van der Waals surface area contributed by atoms with E-state index in [1.165, 1.54) is 60.9 Å². The van der Waals surface area contributed by atoms with Crippen LogP contribution in [0.5, 0.6) is 0 Å². The molecular formula is C66H114N2O36S4. The van der Waals surface area contributed by atoms with E-state index in [-0.39, 0.29) is 72.5 Å². The summed E-state index contributed by atoms with van der Waals surface area (Å²) in [5.74, 6) is -19.9. The second-order valence-corrected chi connectivity index (χ2v) is 30.6. The van der Waals surface area contributed by atoms with E-state index in [1.54, 1.807) is 34.8 Å². The Labute approximate surface area is 642 Å². The summed E-state index contributed by atoms with van der Waals surface area (Å²) in [6.45, 7) is 11.1. The number of amides is 2. The van der Waals surface area contributed by atoms with E-state index in [0.717, 1.165) is 0 Å². The van der Waals surface area contributed by atoms with Crippen LogP contribution in [0.2, 0.25) is 0 Å². The smallest absolute Gasteiger partial charge is 0.364 e. The van der Waals surface area contributed by atoms with Crippen molar-refractivity contribution in [1.29, 1.82) is 0 Å². The van der Waals surface area contributed by atoms with Crippen molar-refractivity contribution in [3.63, 3.8) is 0 Å². The van der Waals surface area contributed by atoms with E-state index in [9.17, 15) is 114 Å². The Morgan fingerprint density at radius 1 is 0.435 bits per heavy atom. The second kappa shape index (κ2) is 50.3. The van der Waals surface area contributed by atoms with Crippen LogP contribution >= 0.6 is 47.0 Å². The van der Waals surface area contributed by atoms with Crippen molar-refractivity contribution in [2.24, 2.45) is 35.5 Å². The Hall–Kier alpha value is -3.98. The number of aliphatic hydroxyl groups is 14. The number of aliphatic carboxylic acids is 4. The fourth-order valence-electron chi connectivity index (χ4n) is 11.5. The first-order chi connectivity index (χ1) is 50.3. The maximum Gasteiger partial charge on any atom is 0.364 e. The standard InChI is InChI=1S/C22H39NO11S.2C15H26O9S.C14H23NO7S/c1-15(14-35-11-10-33-9-8-32-7-6-31-5-4-30-3)17(25)12-19-20(23-16(2)24)18(26)13-22(29,34-19)21(27)28;2*1-7(6-25-2)9(17)3-8-10(18)4-15(23,14(21)22)24-13(8)12(20)11(19)5-16;1-7(6-23-3)9(17)4-11-12(15-8(2)16)10(18)5-14(21,22-11)13(19)20/h15,18-20,26,29H,4-14H2,1-3H3,(H,23,24)(H,27,28);2*7-8,10-13,16,18-20,23H,3-6H2,1-2H3,(H,21,22);7,10-12,18,21H,4-6H2,1-3H3,(H,15,16)(H,19,20). The van der Waals surface area contributed by atoms with E-state index < -0.39 is 195 Å². The lowest BCUT2D eigenvalue weighted by atomic mass is 9.79. The van der Waals surface area contributed by atoms with Gasteiger partial charge < -0.3 is 140 Å². The van der Waals surface area contributed by atoms with Crippen LogP contribution in [-0.2, 0) is 85.8 Å². The molecule has 4 aliphatic rings. The lowest BCUT2D eigenvalue weighted by Gasteiger charge is -2.44. The van der Waals surface area contributed by atoms with Crippen LogP contribution in [-0.4, -0.2) is 373 Å². The molecule has 0 saturated carbocycles. The van der Waals surface area contributed by atoms with Gasteiger partial charge in [-0.2, -0.15) is 47.0 Å². The molecule has 20 N–H and O–H groups in total. The summed E-state index contributed by atoms with van der Waals surface area (Å²) < 4.78 is 41.6. The van der Waals surface area contributed by atoms with Gasteiger partial charge in [-0.1, -0.05) is 27.7 Å². The summed E-state index contributed by atoms with van der Waals surface area (Å²) in [7, 11) is 1.61. The number of carbonyl (C=O) groups excluding carboxylic acids is 6.